The average Bonchev–Trinajstić information content (AvgIpc) is 3.11. The number of nitriles is 1. The van der Waals surface area contributed by atoms with Gasteiger partial charge in [-0.15, -0.1) is 0 Å². The Kier molecular flexibility index (Phi) is 5.29. The molecule has 140 valence electrons. The maximum Gasteiger partial charge on any atom is 0.203 e. The molecular weight excluding hydrogens is 380 g/mol. The number of benzene rings is 3. The van der Waals surface area contributed by atoms with Crippen molar-refractivity contribution >= 4 is 34.4 Å². The van der Waals surface area contributed by atoms with Crippen molar-refractivity contribution in [3.63, 3.8) is 0 Å². The van der Waals surface area contributed by atoms with E-state index in [0.717, 1.165) is 22.0 Å². The number of ketones is 1. The maximum atomic E-state index is 12.7. The van der Waals surface area contributed by atoms with Crippen LogP contribution in [0.15, 0.2) is 90.6 Å². The van der Waals surface area contributed by atoms with Gasteiger partial charge in [0.15, 0.2) is 0 Å². The van der Waals surface area contributed by atoms with Crippen LogP contribution in [0.1, 0.15) is 21.5 Å². The summed E-state index contributed by atoms with van der Waals surface area (Å²) in [7, 11) is 0. The van der Waals surface area contributed by atoms with Crippen molar-refractivity contribution in [1.29, 1.82) is 5.26 Å². The monoisotopic (exact) mass is 396 g/mol. The smallest absolute Gasteiger partial charge is 0.203 e. The molecule has 3 nitrogen and oxygen atoms in total. The molecule has 29 heavy (non-hydrogen) atoms. The Labute approximate surface area is 174 Å². The van der Waals surface area contributed by atoms with Crippen LogP contribution in [0.5, 0.6) is 0 Å². The standard InChI is InChI=1S/C25H17ClN2O/c26-23-12-6-4-10-19(23)16-28-17-21(22-11-5-7-13-24(22)28)14-20(15-27)25(29)18-8-2-1-3-9-18/h1-14,17H,16H2/b20-14+. The minimum atomic E-state index is -0.281. The third-order valence-electron chi connectivity index (χ3n) is 4.82. The largest absolute Gasteiger partial charge is 0.342 e. The summed E-state index contributed by atoms with van der Waals surface area (Å²) in [5.41, 5.74) is 3.46. The Morgan fingerprint density at radius 1 is 0.966 bits per heavy atom. The van der Waals surface area contributed by atoms with Gasteiger partial charge < -0.3 is 4.57 Å². The third kappa shape index (κ3) is 3.85. The molecule has 0 unspecified atom stereocenters. The van der Waals surface area contributed by atoms with E-state index in [1.165, 1.54) is 0 Å². The number of hydrogen-bond acceptors (Lipinski definition) is 2. The SMILES string of the molecule is N#C/C(=C\c1cn(Cc2ccccc2Cl)c2ccccc12)C(=O)c1ccccc1. The zero-order chi connectivity index (χ0) is 20.2. The average molecular weight is 397 g/mol. The molecule has 0 atom stereocenters. The number of fused-ring (bicyclic) bond motifs is 1. The van der Waals surface area contributed by atoms with Gasteiger partial charge >= 0.3 is 0 Å². The molecule has 0 fully saturated rings. The van der Waals surface area contributed by atoms with Crippen molar-refractivity contribution < 1.29 is 4.79 Å². The molecule has 0 spiro atoms. The minimum absolute atomic E-state index is 0.108. The Bertz CT molecular complexity index is 1260. The Balaban J connectivity index is 1.78. The van der Waals surface area contributed by atoms with E-state index in [1.807, 2.05) is 60.8 Å². The molecule has 4 rings (SSSR count). The second kappa shape index (κ2) is 8.18. The van der Waals surface area contributed by atoms with Crippen LogP contribution in [0.2, 0.25) is 5.02 Å². The molecule has 0 radical (unpaired) electrons. The normalized spacial score (nSPS) is 11.4. The molecule has 1 aromatic heterocycles. The van der Waals surface area contributed by atoms with E-state index in [-0.39, 0.29) is 11.4 Å². The van der Waals surface area contributed by atoms with Crippen molar-refractivity contribution in [2.75, 3.05) is 0 Å². The molecule has 0 saturated carbocycles. The molecule has 0 aliphatic carbocycles. The van der Waals surface area contributed by atoms with Crippen LogP contribution < -0.4 is 0 Å². The zero-order valence-corrected chi connectivity index (χ0v) is 16.3. The van der Waals surface area contributed by atoms with Gasteiger partial charge in [-0.1, -0.05) is 78.3 Å². The van der Waals surface area contributed by atoms with E-state index in [2.05, 4.69) is 10.6 Å². The van der Waals surface area contributed by atoms with E-state index in [9.17, 15) is 10.1 Å². The van der Waals surface area contributed by atoms with Crippen LogP contribution in [-0.2, 0) is 6.54 Å². The van der Waals surface area contributed by atoms with E-state index in [4.69, 9.17) is 11.6 Å². The van der Waals surface area contributed by atoms with Gasteiger partial charge in [-0.2, -0.15) is 5.26 Å². The van der Waals surface area contributed by atoms with E-state index in [1.54, 1.807) is 30.3 Å². The number of nitrogens with zero attached hydrogens (tertiary/aromatic N) is 2. The number of aromatic nitrogens is 1. The van der Waals surface area contributed by atoms with Gasteiger partial charge in [0.2, 0.25) is 5.78 Å². The van der Waals surface area contributed by atoms with Crippen LogP contribution in [0.3, 0.4) is 0 Å². The number of carbonyl (C=O) groups is 1. The predicted molar refractivity (Wildman–Crippen MR) is 117 cm³/mol. The Morgan fingerprint density at radius 2 is 1.66 bits per heavy atom. The van der Waals surface area contributed by atoms with Crippen LogP contribution >= 0.6 is 11.6 Å². The first kappa shape index (κ1) is 18.7. The van der Waals surface area contributed by atoms with Crippen LogP contribution in [0.4, 0.5) is 0 Å². The number of halogens is 1. The summed E-state index contributed by atoms with van der Waals surface area (Å²) in [4.78, 5) is 12.7. The summed E-state index contributed by atoms with van der Waals surface area (Å²) in [6.45, 7) is 0.600. The van der Waals surface area contributed by atoms with Gasteiger partial charge in [0.1, 0.15) is 11.6 Å². The van der Waals surface area contributed by atoms with E-state index >= 15 is 0 Å². The topological polar surface area (TPSA) is 45.8 Å². The molecule has 1 heterocycles. The highest BCUT2D eigenvalue weighted by molar-refractivity contribution is 6.31. The number of para-hydroxylation sites is 1. The lowest BCUT2D eigenvalue weighted by molar-refractivity contribution is 0.104. The third-order valence-corrected chi connectivity index (χ3v) is 5.19. The Hall–Kier alpha value is -3.61. The molecule has 0 bridgehead atoms. The molecule has 0 amide bonds. The first-order chi connectivity index (χ1) is 14.2. The number of hydrogen-bond donors (Lipinski definition) is 0. The molecule has 0 N–H and O–H groups in total. The van der Waals surface area contributed by atoms with Crippen molar-refractivity contribution in [3.05, 3.63) is 112 Å². The molecular formula is C25H17ClN2O. The highest BCUT2D eigenvalue weighted by Crippen LogP contribution is 2.26. The van der Waals surface area contributed by atoms with Gasteiger partial charge in [0.05, 0.1) is 0 Å². The summed E-state index contributed by atoms with van der Waals surface area (Å²) in [6, 6.07) is 26.6. The number of carbonyl (C=O) groups excluding carboxylic acids is 1. The van der Waals surface area contributed by atoms with E-state index < -0.39 is 0 Å². The summed E-state index contributed by atoms with van der Waals surface area (Å²) in [6.07, 6.45) is 3.63. The summed E-state index contributed by atoms with van der Waals surface area (Å²) in [5, 5.41) is 11.3. The van der Waals surface area contributed by atoms with Gasteiger partial charge in [0, 0.05) is 39.8 Å². The van der Waals surface area contributed by atoms with Crippen LogP contribution in [0, 0.1) is 11.3 Å². The molecule has 0 aliphatic rings. The quantitative estimate of drug-likeness (QED) is 0.231. The zero-order valence-electron chi connectivity index (χ0n) is 15.5. The molecule has 3 aromatic carbocycles. The summed E-state index contributed by atoms with van der Waals surface area (Å²) >= 11 is 6.34. The lowest BCUT2D eigenvalue weighted by Gasteiger charge is -2.07. The minimum Gasteiger partial charge on any atom is -0.342 e. The van der Waals surface area contributed by atoms with Gasteiger partial charge in [0.25, 0.3) is 0 Å². The molecule has 0 saturated heterocycles. The van der Waals surface area contributed by atoms with Crippen LogP contribution in [-0.4, -0.2) is 10.4 Å². The lowest BCUT2D eigenvalue weighted by atomic mass is 10.0. The van der Waals surface area contributed by atoms with Gasteiger partial charge in [-0.05, 0) is 23.8 Å². The first-order valence-corrected chi connectivity index (χ1v) is 9.58. The second-order valence-electron chi connectivity index (χ2n) is 6.69. The first-order valence-electron chi connectivity index (χ1n) is 9.20. The van der Waals surface area contributed by atoms with Crippen molar-refractivity contribution in [2.45, 2.75) is 6.54 Å². The highest BCUT2D eigenvalue weighted by Gasteiger charge is 2.14. The van der Waals surface area contributed by atoms with Gasteiger partial charge in [-0.3, -0.25) is 4.79 Å². The maximum absolute atomic E-state index is 12.7. The predicted octanol–water partition coefficient (Wildman–Crippen LogP) is 6.13. The lowest BCUT2D eigenvalue weighted by Crippen LogP contribution is -2.01. The fourth-order valence-electron chi connectivity index (χ4n) is 3.38. The Morgan fingerprint density at radius 3 is 2.41 bits per heavy atom. The van der Waals surface area contributed by atoms with Crippen LogP contribution in [0.25, 0.3) is 17.0 Å². The van der Waals surface area contributed by atoms with E-state index in [0.29, 0.717) is 17.1 Å². The summed E-state index contributed by atoms with van der Waals surface area (Å²) < 4.78 is 2.09. The van der Waals surface area contributed by atoms with Gasteiger partial charge in [-0.25, -0.2) is 0 Å². The summed E-state index contributed by atoms with van der Waals surface area (Å²) in [5.74, 6) is -0.281. The highest BCUT2D eigenvalue weighted by atomic mass is 35.5. The van der Waals surface area contributed by atoms with Crippen molar-refractivity contribution in [3.8, 4) is 6.07 Å². The fraction of sp³-hybridized carbons (Fsp3) is 0.0400. The molecule has 0 aliphatic heterocycles. The number of Topliss-reactive ketones (excluding diaryl/α,β-unsaturated/α-hetero) is 1. The van der Waals surface area contributed by atoms with Crippen molar-refractivity contribution in [1.82, 2.24) is 4.57 Å². The fourth-order valence-corrected chi connectivity index (χ4v) is 3.58. The second-order valence-corrected chi connectivity index (χ2v) is 7.09. The molecule has 4 heteroatoms. The number of allylic oxidation sites excluding steroid dienone is 1. The van der Waals surface area contributed by atoms with Crippen molar-refractivity contribution in [2.24, 2.45) is 0 Å². The number of rotatable bonds is 5. The molecule has 4 aromatic rings.